The van der Waals surface area contributed by atoms with Crippen LogP contribution in [0, 0.1) is 0 Å². The molecule has 0 fully saturated rings. The third-order valence-electron chi connectivity index (χ3n) is 2.10. The zero-order valence-corrected chi connectivity index (χ0v) is 8.79. The highest BCUT2D eigenvalue weighted by atomic mass is 16.1. The van der Waals surface area contributed by atoms with E-state index in [1.807, 2.05) is 0 Å². The Morgan fingerprint density at radius 2 is 2.06 bits per heavy atom. The van der Waals surface area contributed by atoms with E-state index in [0.29, 0.717) is 17.1 Å². The fraction of sp³-hybridized carbons (Fsp3) is 0.200. The van der Waals surface area contributed by atoms with Gasteiger partial charge in [0.15, 0.2) is 11.6 Å². The van der Waals surface area contributed by atoms with Crippen LogP contribution >= 0.6 is 0 Å². The molecule has 1 aromatic heterocycles. The summed E-state index contributed by atoms with van der Waals surface area (Å²) in [4.78, 5) is 13.1. The Labute approximate surface area is 92.1 Å². The zero-order valence-electron chi connectivity index (χ0n) is 8.79. The lowest BCUT2D eigenvalue weighted by Gasteiger charge is -1.98. The number of carbonyl (C=O) groups excluding carboxylic acids is 1. The van der Waals surface area contributed by atoms with Gasteiger partial charge in [-0.3, -0.25) is 4.79 Å². The first-order valence-electron chi connectivity index (χ1n) is 4.77. The smallest absolute Gasteiger partial charge is 0.182 e. The second kappa shape index (κ2) is 4.09. The number of Topliss-reactive ketones (excluding diaryl/α,β-unsaturated/α-hetero) is 1. The number of anilines is 1. The Hall–Kier alpha value is -2.24. The number of ketones is 1. The molecule has 0 radical (unpaired) electrons. The number of nitrogens with two attached hydrogens (primary N) is 1. The fourth-order valence-electron chi connectivity index (χ4n) is 1.31. The molecular weight excluding hydrogens is 206 g/mol. The molecule has 0 bridgehead atoms. The topological polar surface area (TPSA) is 86.7 Å². The minimum atomic E-state index is -0.0481. The lowest BCUT2D eigenvalue weighted by Crippen LogP contribution is -2.05. The van der Waals surface area contributed by atoms with Crippen LogP contribution in [0.1, 0.15) is 16.2 Å². The lowest BCUT2D eigenvalue weighted by molar-refractivity contribution is 0.0991. The summed E-state index contributed by atoms with van der Waals surface area (Å²) < 4.78 is 0. The Balaban J connectivity index is 2.11. The van der Waals surface area contributed by atoms with Crippen molar-refractivity contribution < 1.29 is 4.79 Å². The largest absolute Gasteiger partial charge is 0.399 e. The summed E-state index contributed by atoms with van der Waals surface area (Å²) in [5, 5.41) is 11.4. The quantitative estimate of drug-likeness (QED) is 0.587. The number of nitrogens with zero attached hydrogens (tertiary/aromatic N) is 4. The van der Waals surface area contributed by atoms with Crippen LogP contribution < -0.4 is 5.73 Å². The average Bonchev–Trinajstić information content (AvgIpc) is 2.65. The first-order chi connectivity index (χ1) is 7.65. The van der Waals surface area contributed by atoms with Gasteiger partial charge in [0.05, 0.1) is 13.5 Å². The van der Waals surface area contributed by atoms with Gasteiger partial charge in [0.2, 0.25) is 0 Å². The van der Waals surface area contributed by atoms with Gasteiger partial charge >= 0.3 is 0 Å². The van der Waals surface area contributed by atoms with Gasteiger partial charge in [0.25, 0.3) is 0 Å². The van der Waals surface area contributed by atoms with Crippen molar-refractivity contribution in [1.82, 2.24) is 20.2 Å². The number of carbonyl (C=O) groups is 1. The summed E-state index contributed by atoms with van der Waals surface area (Å²) >= 11 is 0. The number of hydrogen-bond acceptors (Lipinski definition) is 5. The Morgan fingerprint density at radius 1 is 1.38 bits per heavy atom. The molecule has 0 atom stereocenters. The highest BCUT2D eigenvalue weighted by Crippen LogP contribution is 2.07. The molecule has 2 N–H and O–H groups in total. The van der Waals surface area contributed by atoms with Crippen molar-refractivity contribution in [2.75, 3.05) is 5.73 Å². The monoisotopic (exact) mass is 217 g/mol. The molecule has 2 aromatic rings. The standard InChI is InChI=1S/C10H11N5O/c1-15-13-10(12-14-15)6-9(16)7-2-4-8(11)5-3-7/h2-5H,6,11H2,1H3. The van der Waals surface area contributed by atoms with Crippen LogP contribution in [0.5, 0.6) is 0 Å². The van der Waals surface area contributed by atoms with E-state index in [9.17, 15) is 4.79 Å². The maximum Gasteiger partial charge on any atom is 0.182 e. The molecule has 6 heteroatoms. The number of tetrazole rings is 1. The van der Waals surface area contributed by atoms with Gasteiger partial charge in [0.1, 0.15) is 0 Å². The number of rotatable bonds is 3. The van der Waals surface area contributed by atoms with E-state index >= 15 is 0 Å². The molecule has 1 aromatic carbocycles. The van der Waals surface area contributed by atoms with Crippen LogP contribution in [0.4, 0.5) is 5.69 Å². The number of benzene rings is 1. The van der Waals surface area contributed by atoms with Gasteiger partial charge in [0, 0.05) is 11.3 Å². The van der Waals surface area contributed by atoms with Crippen LogP contribution in [0.2, 0.25) is 0 Å². The number of aryl methyl sites for hydroxylation is 1. The number of aromatic nitrogens is 4. The van der Waals surface area contributed by atoms with Crippen LogP contribution in [-0.2, 0) is 13.5 Å². The molecule has 1 heterocycles. The van der Waals surface area contributed by atoms with E-state index < -0.39 is 0 Å². The predicted octanol–water partition coefficient (Wildman–Crippen LogP) is 0.218. The first-order valence-corrected chi connectivity index (χ1v) is 4.77. The second-order valence-corrected chi connectivity index (χ2v) is 3.42. The predicted molar refractivity (Wildman–Crippen MR) is 57.7 cm³/mol. The van der Waals surface area contributed by atoms with Crippen LogP contribution in [0.25, 0.3) is 0 Å². The molecular formula is C10H11N5O. The molecule has 0 saturated heterocycles. The molecule has 0 aliphatic carbocycles. The maximum absolute atomic E-state index is 11.8. The van der Waals surface area contributed by atoms with Crippen molar-refractivity contribution >= 4 is 11.5 Å². The van der Waals surface area contributed by atoms with Gasteiger partial charge in [-0.2, -0.15) is 4.80 Å². The van der Waals surface area contributed by atoms with Crippen molar-refractivity contribution in [2.24, 2.45) is 7.05 Å². The molecule has 0 saturated carbocycles. The Morgan fingerprint density at radius 3 is 2.62 bits per heavy atom. The third kappa shape index (κ3) is 2.22. The number of hydrogen-bond donors (Lipinski definition) is 1. The van der Waals surface area contributed by atoms with E-state index in [1.165, 1.54) is 4.80 Å². The molecule has 6 nitrogen and oxygen atoms in total. The van der Waals surface area contributed by atoms with Crippen LogP contribution in [-0.4, -0.2) is 26.0 Å². The fourth-order valence-corrected chi connectivity index (χ4v) is 1.31. The molecule has 0 spiro atoms. The summed E-state index contributed by atoms with van der Waals surface area (Å²) in [5.74, 6) is 0.373. The van der Waals surface area contributed by atoms with E-state index in [2.05, 4.69) is 15.4 Å². The van der Waals surface area contributed by atoms with Crippen molar-refractivity contribution in [3.63, 3.8) is 0 Å². The average molecular weight is 217 g/mol. The maximum atomic E-state index is 11.8. The highest BCUT2D eigenvalue weighted by molar-refractivity contribution is 5.97. The third-order valence-corrected chi connectivity index (χ3v) is 2.10. The summed E-state index contributed by atoms with van der Waals surface area (Å²) in [6.45, 7) is 0. The summed E-state index contributed by atoms with van der Waals surface area (Å²) in [5.41, 5.74) is 6.77. The summed E-state index contributed by atoms with van der Waals surface area (Å²) in [6.07, 6.45) is 0.151. The second-order valence-electron chi connectivity index (χ2n) is 3.42. The van der Waals surface area contributed by atoms with Crippen LogP contribution in [0.3, 0.4) is 0 Å². The molecule has 82 valence electrons. The van der Waals surface area contributed by atoms with E-state index in [-0.39, 0.29) is 12.2 Å². The highest BCUT2D eigenvalue weighted by Gasteiger charge is 2.10. The van der Waals surface area contributed by atoms with Gasteiger partial charge in [-0.15, -0.1) is 10.2 Å². The molecule has 0 unspecified atom stereocenters. The van der Waals surface area contributed by atoms with Crippen molar-refractivity contribution in [3.8, 4) is 0 Å². The SMILES string of the molecule is Cn1nnc(CC(=O)c2ccc(N)cc2)n1. The minimum absolute atomic E-state index is 0.0481. The molecule has 2 rings (SSSR count). The Kier molecular flexibility index (Phi) is 2.63. The molecule has 16 heavy (non-hydrogen) atoms. The molecule has 0 amide bonds. The molecule has 0 aliphatic heterocycles. The normalized spacial score (nSPS) is 10.3. The minimum Gasteiger partial charge on any atom is -0.399 e. The van der Waals surface area contributed by atoms with Crippen LogP contribution in [0.15, 0.2) is 24.3 Å². The zero-order chi connectivity index (χ0) is 11.5. The van der Waals surface area contributed by atoms with Crippen molar-refractivity contribution in [3.05, 3.63) is 35.7 Å². The van der Waals surface area contributed by atoms with E-state index in [0.717, 1.165) is 0 Å². The summed E-state index contributed by atoms with van der Waals surface area (Å²) in [7, 11) is 1.66. The summed E-state index contributed by atoms with van der Waals surface area (Å²) in [6, 6.07) is 6.76. The van der Waals surface area contributed by atoms with E-state index in [4.69, 9.17) is 5.73 Å². The van der Waals surface area contributed by atoms with Gasteiger partial charge in [-0.05, 0) is 29.5 Å². The molecule has 0 aliphatic rings. The number of nitrogen functional groups attached to an aromatic ring is 1. The van der Waals surface area contributed by atoms with Crippen molar-refractivity contribution in [1.29, 1.82) is 0 Å². The van der Waals surface area contributed by atoms with Crippen molar-refractivity contribution in [2.45, 2.75) is 6.42 Å². The van der Waals surface area contributed by atoms with E-state index in [1.54, 1.807) is 31.3 Å². The lowest BCUT2D eigenvalue weighted by atomic mass is 10.1. The van der Waals surface area contributed by atoms with Gasteiger partial charge < -0.3 is 5.73 Å². The van der Waals surface area contributed by atoms with Gasteiger partial charge in [-0.1, -0.05) is 0 Å². The van der Waals surface area contributed by atoms with Gasteiger partial charge in [-0.25, -0.2) is 0 Å². The Bertz CT molecular complexity index is 502. The first kappa shape index (κ1) is 10.3.